The third-order valence-corrected chi connectivity index (χ3v) is 5.73. The Bertz CT molecular complexity index is 494. The Kier molecular flexibility index (Phi) is 5.67. The SMILES string of the molecule is CCC1(N2CCN(CCc3cccc(F)c3)CC2)CCOCC1. The van der Waals surface area contributed by atoms with Gasteiger partial charge >= 0.3 is 0 Å². The molecule has 3 nitrogen and oxygen atoms in total. The van der Waals surface area contributed by atoms with Crippen molar-refractivity contribution < 1.29 is 9.13 Å². The average molecular weight is 320 g/mol. The second kappa shape index (κ2) is 7.73. The smallest absolute Gasteiger partial charge is 0.123 e. The van der Waals surface area contributed by atoms with Crippen LogP contribution in [0.3, 0.4) is 0 Å². The molecule has 0 bridgehead atoms. The Morgan fingerprint density at radius 1 is 1.13 bits per heavy atom. The van der Waals surface area contributed by atoms with Crippen LogP contribution in [0.2, 0.25) is 0 Å². The zero-order valence-electron chi connectivity index (χ0n) is 14.3. The summed E-state index contributed by atoms with van der Waals surface area (Å²) in [6, 6.07) is 7.00. The monoisotopic (exact) mass is 320 g/mol. The first-order valence-corrected chi connectivity index (χ1v) is 9.01. The summed E-state index contributed by atoms with van der Waals surface area (Å²) in [5, 5.41) is 0. The Morgan fingerprint density at radius 2 is 1.87 bits per heavy atom. The number of nitrogens with zero attached hydrogens (tertiary/aromatic N) is 2. The predicted molar refractivity (Wildman–Crippen MR) is 91.2 cm³/mol. The summed E-state index contributed by atoms with van der Waals surface area (Å²) in [6.45, 7) is 9.71. The van der Waals surface area contributed by atoms with Crippen LogP contribution in [-0.2, 0) is 11.2 Å². The molecular weight excluding hydrogens is 291 g/mol. The molecule has 0 spiro atoms. The second-order valence-electron chi connectivity index (χ2n) is 6.90. The van der Waals surface area contributed by atoms with Crippen molar-refractivity contribution in [3.05, 3.63) is 35.6 Å². The third kappa shape index (κ3) is 4.11. The summed E-state index contributed by atoms with van der Waals surface area (Å²) in [7, 11) is 0. The van der Waals surface area contributed by atoms with Gasteiger partial charge in [0.25, 0.3) is 0 Å². The molecule has 0 saturated carbocycles. The average Bonchev–Trinajstić information content (AvgIpc) is 2.61. The van der Waals surface area contributed by atoms with E-state index in [2.05, 4.69) is 16.7 Å². The molecule has 1 aromatic carbocycles. The van der Waals surface area contributed by atoms with Crippen LogP contribution < -0.4 is 0 Å². The van der Waals surface area contributed by atoms with Crippen molar-refractivity contribution in [2.45, 2.75) is 38.1 Å². The van der Waals surface area contributed by atoms with Crippen molar-refractivity contribution in [2.24, 2.45) is 0 Å². The number of halogens is 1. The molecule has 0 amide bonds. The van der Waals surface area contributed by atoms with Gasteiger partial charge in [0, 0.05) is 51.5 Å². The van der Waals surface area contributed by atoms with Gasteiger partial charge in [0.1, 0.15) is 5.82 Å². The Morgan fingerprint density at radius 3 is 2.52 bits per heavy atom. The molecule has 2 saturated heterocycles. The van der Waals surface area contributed by atoms with Crippen molar-refractivity contribution in [3.8, 4) is 0 Å². The van der Waals surface area contributed by atoms with E-state index in [4.69, 9.17) is 4.74 Å². The highest BCUT2D eigenvalue weighted by molar-refractivity contribution is 5.16. The van der Waals surface area contributed by atoms with Gasteiger partial charge in [-0.2, -0.15) is 0 Å². The number of ether oxygens (including phenoxy) is 1. The summed E-state index contributed by atoms with van der Waals surface area (Å²) in [5.74, 6) is -0.128. The minimum Gasteiger partial charge on any atom is -0.381 e. The van der Waals surface area contributed by atoms with E-state index in [1.54, 1.807) is 12.1 Å². The quantitative estimate of drug-likeness (QED) is 0.829. The van der Waals surface area contributed by atoms with Gasteiger partial charge in [0.2, 0.25) is 0 Å². The van der Waals surface area contributed by atoms with Gasteiger partial charge in [0.05, 0.1) is 0 Å². The van der Waals surface area contributed by atoms with Gasteiger partial charge in [-0.3, -0.25) is 4.90 Å². The lowest BCUT2D eigenvalue weighted by Crippen LogP contribution is -2.58. The molecular formula is C19H29FN2O. The van der Waals surface area contributed by atoms with E-state index in [-0.39, 0.29) is 5.82 Å². The highest BCUT2D eigenvalue weighted by atomic mass is 19.1. The molecule has 3 rings (SSSR count). The number of hydrogen-bond acceptors (Lipinski definition) is 3. The maximum Gasteiger partial charge on any atom is 0.123 e. The zero-order valence-corrected chi connectivity index (χ0v) is 14.3. The molecule has 0 aromatic heterocycles. The summed E-state index contributed by atoms with van der Waals surface area (Å²) in [4.78, 5) is 5.22. The Hall–Kier alpha value is -0.970. The van der Waals surface area contributed by atoms with Crippen molar-refractivity contribution in [3.63, 3.8) is 0 Å². The first-order valence-electron chi connectivity index (χ1n) is 9.01. The number of benzene rings is 1. The van der Waals surface area contributed by atoms with Crippen LogP contribution in [0.1, 0.15) is 31.7 Å². The van der Waals surface area contributed by atoms with Crippen LogP contribution >= 0.6 is 0 Å². The fraction of sp³-hybridized carbons (Fsp3) is 0.684. The molecule has 2 aliphatic rings. The van der Waals surface area contributed by atoms with Crippen LogP contribution in [0.4, 0.5) is 4.39 Å². The van der Waals surface area contributed by atoms with Crippen LogP contribution in [0.25, 0.3) is 0 Å². The summed E-state index contributed by atoms with van der Waals surface area (Å²) < 4.78 is 18.8. The third-order valence-electron chi connectivity index (χ3n) is 5.73. The molecule has 2 heterocycles. The van der Waals surface area contributed by atoms with Crippen molar-refractivity contribution in [1.82, 2.24) is 9.80 Å². The van der Waals surface area contributed by atoms with Crippen LogP contribution in [0.15, 0.2) is 24.3 Å². The minimum atomic E-state index is -0.128. The zero-order chi connectivity index (χ0) is 16.1. The van der Waals surface area contributed by atoms with E-state index < -0.39 is 0 Å². The largest absolute Gasteiger partial charge is 0.381 e. The minimum absolute atomic E-state index is 0.128. The molecule has 1 aromatic rings. The highest BCUT2D eigenvalue weighted by Gasteiger charge is 2.38. The summed E-state index contributed by atoms with van der Waals surface area (Å²) in [5.41, 5.74) is 1.47. The first kappa shape index (κ1) is 16.9. The van der Waals surface area contributed by atoms with Crippen molar-refractivity contribution >= 4 is 0 Å². The lowest BCUT2D eigenvalue weighted by molar-refractivity contribution is -0.0490. The maximum absolute atomic E-state index is 13.2. The summed E-state index contributed by atoms with van der Waals surface area (Å²) >= 11 is 0. The Balaban J connectivity index is 1.48. The highest BCUT2D eigenvalue weighted by Crippen LogP contribution is 2.32. The molecule has 0 radical (unpaired) electrons. The maximum atomic E-state index is 13.2. The summed E-state index contributed by atoms with van der Waals surface area (Å²) in [6.07, 6.45) is 4.50. The molecule has 0 unspecified atom stereocenters. The van der Waals surface area contributed by atoms with Crippen molar-refractivity contribution in [1.29, 1.82) is 0 Å². The predicted octanol–water partition coefficient (Wildman–Crippen LogP) is 2.95. The molecule has 23 heavy (non-hydrogen) atoms. The normalized spacial score (nSPS) is 23.0. The molecule has 128 valence electrons. The fourth-order valence-electron chi connectivity index (χ4n) is 4.07. The van der Waals surface area contributed by atoms with E-state index in [1.165, 1.54) is 25.3 Å². The van der Waals surface area contributed by atoms with Gasteiger partial charge in [-0.25, -0.2) is 4.39 Å². The van der Waals surface area contributed by atoms with Crippen LogP contribution in [0, 0.1) is 5.82 Å². The topological polar surface area (TPSA) is 15.7 Å². The van der Waals surface area contributed by atoms with Crippen LogP contribution in [0.5, 0.6) is 0 Å². The first-order chi connectivity index (χ1) is 11.2. The molecule has 0 aliphatic carbocycles. The van der Waals surface area contributed by atoms with Crippen LogP contribution in [-0.4, -0.2) is 61.3 Å². The van der Waals surface area contributed by atoms with Gasteiger partial charge < -0.3 is 9.64 Å². The van der Waals surface area contributed by atoms with E-state index in [0.29, 0.717) is 5.54 Å². The molecule has 0 N–H and O–H groups in total. The van der Waals surface area contributed by atoms with E-state index in [9.17, 15) is 4.39 Å². The standard InChI is InChI=1S/C19H29FN2O/c1-2-19(7-14-23-15-8-19)22-12-10-21(11-13-22)9-6-17-4-3-5-18(20)16-17/h3-5,16H,2,6-15H2,1H3. The molecule has 2 aliphatic heterocycles. The van der Waals surface area contributed by atoms with E-state index in [1.807, 2.05) is 6.07 Å². The van der Waals surface area contributed by atoms with Gasteiger partial charge in [-0.15, -0.1) is 0 Å². The fourth-order valence-corrected chi connectivity index (χ4v) is 4.07. The van der Waals surface area contributed by atoms with Gasteiger partial charge in [-0.1, -0.05) is 19.1 Å². The lowest BCUT2D eigenvalue weighted by Gasteiger charge is -2.49. The van der Waals surface area contributed by atoms with Gasteiger partial charge in [-0.05, 0) is 43.4 Å². The van der Waals surface area contributed by atoms with E-state index in [0.717, 1.165) is 57.9 Å². The number of rotatable bonds is 5. The van der Waals surface area contributed by atoms with Gasteiger partial charge in [0.15, 0.2) is 0 Å². The molecule has 2 fully saturated rings. The molecule has 4 heteroatoms. The molecule has 0 atom stereocenters. The number of piperazine rings is 1. The van der Waals surface area contributed by atoms with E-state index >= 15 is 0 Å². The Labute approximate surface area is 139 Å². The second-order valence-corrected chi connectivity index (χ2v) is 6.90. The lowest BCUT2D eigenvalue weighted by atomic mass is 9.85. The number of hydrogen-bond donors (Lipinski definition) is 0. The van der Waals surface area contributed by atoms with Crippen molar-refractivity contribution in [2.75, 3.05) is 45.9 Å².